The Morgan fingerprint density at radius 3 is 2.83 bits per heavy atom. The molecular formula is C18H24N2O4. The number of carbonyl (C=O) groups is 2. The molecule has 0 saturated carbocycles. The smallest absolute Gasteiger partial charge is 0.223 e. The molecule has 3 rings (SSSR count). The number of amides is 1. The molecule has 1 unspecified atom stereocenters. The van der Waals surface area contributed by atoms with E-state index in [1.165, 1.54) is 0 Å². The van der Waals surface area contributed by atoms with Crippen molar-refractivity contribution in [1.82, 2.24) is 10.2 Å². The summed E-state index contributed by atoms with van der Waals surface area (Å²) < 4.78 is 11.5. The zero-order valence-corrected chi connectivity index (χ0v) is 13.8. The summed E-state index contributed by atoms with van der Waals surface area (Å²) >= 11 is 0. The van der Waals surface area contributed by atoms with Gasteiger partial charge in [0.15, 0.2) is 5.78 Å². The fourth-order valence-electron chi connectivity index (χ4n) is 3.17. The third kappa shape index (κ3) is 4.20. The second-order valence-corrected chi connectivity index (χ2v) is 6.37. The van der Waals surface area contributed by atoms with Gasteiger partial charge >= 0.3 is 0 Å². The van der Waals surface area contributed by atoms with Crippen LogP contribution in [0.4, 0.5) is 0 Å². The Morgan fingerprint density at radius 1 is 1.17 bits per heavy atom. The normalized spacial score (nSPS) is 24.6. The van der Waals surface area contributed by atoms with Gasteiger partial charge in [-0.3, -0.25) is 9.59 Å². The van der Waals surface area contributed by atoms with Gasteiger partial charge in [0.1, 0.15) is 5.60 Å². The first-order chi connectivity index (χ1) is 11.7. The monoisotopic (exact) mass is 332 g/mol. The number of hydrogen-bond acceptors (Lipinski definition) is 5. The minimum absolute atomic E-state index is 0.00574. The van der Waals surface area contributed by atoms with Gasteiger partial charge in [-0.1, -0.05) is 30.3 Å². The van der Waals surface area contributed by atoms with Gasteiger partial charge in [0.2, 0.25) is 5.91 Å². The Hall–Kier alpha value is -1.76. The lowest BCUT2D eigenvalue weighted by Crippen LogP contribution is -2.59. The van der Waals surface area contributed by atoms with Gasteiger partial charge in [-0.05, 0) is 0 Å². The van der Waals surface area contributed by atoms with E-state index in [1.807, 2.05) is 18.2 Å². The lowest BCUT2D eigenvalue weighted by molar-refractivity contribution is -0.158. The molecule has 6 heteroatoms. The molecule has 0 bridgehead atoms. The first kappa shape index (κ1) is 17.1. The zero-order valence-electron chi connectivity index (χ0n) is 13.8. The standard InChI is InChI=1S/C18H24N2O4/c21-16(15-4-2-1-3-5-15)6-7-17(22)20-9-11-24-18(13-20)12-19-8-10-23-14-18/h1-5,19H,6-14H2. The van der Waals surface area contributed by atoms with Crippen LogP contribution in [0.2, 0.25) is 0 Å². The van der Waals surface area contributed by atoms with Crippen LogP contribution in [0.15, 0.2) is 30.3 Å². The van der Waals surface area contributed by atoms with Gasteiger partial charge in [0.05, 0.1) is 26.4 Å². The number of nitrogens with zero attached hydrogens (tertiary/aromatic N) is 1. The minimum atomic E-state index is -0.464. The largest absolute Gasteiger partial charge is 0.377 e. The molecule has 1 N–H and O–H groups in total. The molecule has 2 aliphatic rings. The predicted octanol–water partition coefficient (Wildman–Crippen LogP) is 0.867. The fraction of sp³-hybridized carbons (Fsp3) is 0.556. The molecule has 6 nitrogen and oxygen atoms in total. The highest BCUT2D eigenvalue weighted by Crippen LogP contribution is 2.20. The number of morpholine rings is 1. The molecule has 1 aromatic carbocycles. The summed E-state index contributed by atoms with van der Waals surface area (Å²) in [5.41, 5.74) is 0.193. The molecule has 1 amide bonds. The Balaban J connectivity index is 1.54. The van der Waals surface area contributed by atoms with Crippen LogP contribution in [0.5, 0.6) is 0 Å². The Kier molecular flexibility index (Phi) is 5.60. The topological polar surface area (TPSA) is 67.9 Å². The summed E-state index contributed by atoms with van der Waals surface area (Å²) in [5.74, 6) is 0.0117. The average molecular weight is 332 g/mol. The van der Waals surface area contributed by atoms with Crippen molar-refractivity contribution in [2.24, 2.45) is 0 Å². The Bertz CT molecular complexity index is 568. The van der Waals surface area contributed by atoms with Crippen LogP contribution >= 0.6 is 0 Å². The molecular weight excluding hydrogens is 308 g/mol. The molecule has 0 aromatic heterocycles. The van der Waals surface area contributed by atoms with Crippen molar-refractivity contribution in [3.8, 4) is 0 Å². The van der Waals surface area contributed by atoms with Gasteiger partial charge < -0.3 is 19.7 Å². The Morgan fingerprint density at radius 2 is 2.00 bits per heavy atom. The lowest BCUT2D eigenvalue weighted by atomic mass is 10.0. The molecule has 2 aliphatic heterocycles. The van der Waals surface area contributed by atoms with Crippen LogP contribution in [0.1, 0.15) is 23.2 Å². The highest BCUT2D eigenvalue weighted by molar-refractivity contribution is 5.97. The number of Topliss-reactive ketones (excluding diaryl/α,β-unsaturated/α-hetero) is 1. The van der Waals surface area contributed by atoms with E-state index in [0.29, 0.717) is 45.0 Å². The van der Waals surface area contributed by atoms with Crippen molar-refractivity contribution in [1.29, 1.82) is 0 Å². The van der Waals surface area contributed by atoms with Crippen LogP contribution in [-0.2, 0) is 14.3 Å². The van der Waals surface area contributed by atoms with E-state index >= 15 is 0 Å². The quantitative estimate of drug-likeness (QED) is 0.829. The number of rotatable bonds is 4. The maximum Gasteiger partial charge on any atom is 0.223 e. The molecule has 0 aliphatic carbocycles. The molecule has 130 valence electrons. The number of nitrogens with one attached hydrogen (secondary N) is 1. The number of ether oxygens (including phenoxy) is 2. The third-order valence-electron chi connectivity index (χ3n) is 4.50. The SMILES string of the molecule is O=C(CCC(=O)N1CCOC2(CNCCOC2)C1)c1ccccc1. The summed E-state index contributed by atoms with van der Waals surface area (Å²) in [4.78, 5) is 26.5. The maximum absolute atomic E-state index is 12.5. The van der Waals surface area contributed by atoms with Gasteiger partial charge in [0, 0.05) is 38.0 Å². The molecule has 2 heterocycles. The highest BCUT2D eigenvalue weighted by atomic mass is 16.5. The molecule has 2 fully saturated rings. The third-order valence-corrected chi connectivity index (χ3v) is 4.50. The average Bonchev–Trinajstić information content (AvgIpc) is 2.85. The van der Waals surface area contributed by atoms with Crippen LogP contribution in [0.25, 0.3) is 0 Å². The van der Waals surface area contributed by atoms with E-state index in [4.69, 9.17) is 9.47 Å². The van der Waals surface area contributed by atoms with Gasteiger partial charge in [-0.2, -0.15) is 0 Å². The second kappa shape index (κ2) is 7.88. The molecule has 1 aromatic rings. The number of benzene rings is 1. The molecule has 0 radical (unpaired) electrons. The van der Waals surface area contributed by atoms with Crippen molar-refractivity contribution in [3.63, 3.8) is 0 Å². The van der Waals surface area contributed by atoms with E-state index in [1.54, 1.807) is 17.0 Å². The fourth-order valence-corrected chi connectivity index (χ4v) is 3.17. The minimum Gasteiger partial charge on any atom is -0.377 e. The number of carbonyl (C=O) groups excluding carboxylic acids is 2. The molecule has 2 saturated heterocycles. The van der Waals surface area contributed by atoms with Crippen molar-refractivity contribution < 1.29 is 19.1 Å². The van der Waals surface area contributed by atoms with E-state index in [0.717, 1.165) is 6.54 Å². The van der Waals surface area contributed by atoms with Crippen LogP contribution in [-0.4, -0.2) is 68.2 Å². The van der Waals surface area contributed by atoms with E-state index in [9.17, 15) is 9.59 Å². The van der Waals surface area contributed by atoms with Crippen molar-refractivity contribution in [2.75, 3.05) is 46.0 Å². The van der Waals surface area contributed by atoms with Gasteiger partial charge in [-0.25, -0.2) is 0 Å². The van der Waals surface area contributed by atoms with Crippen molar-refractivity contribution >= 4 is 11.7 Å². The molecule has 1 spiro atoms. The highest BCUT2D eigenvalue weighted by Gasteiger charge is 2.39. The number of ketones is 1. The van der Waals surface area contributed by atoms with E-state index in [-0.39, 0.29) is 24.5 Å². The maximum atomic E-state index is 12.5. The first-order valence-corrected chi connectivity index (χ1v) is 8.47. The van der Waals surface area contributed by atoms with Gasteiger partial charge in [0.25, 0.3) is 0 Å². The summed E-state index contributed by atoms with van der Waals surface area (Å²) in [6, 6.07) is 9.10. The summed E-state index contributed by atoms with van der Waals surface area (Å²) in [5, 5.41) is 3.30. The second-order valence-electron chi connectivity index (χ2n) is 6.37. The summed E-state index contributed by atoms with van der Waals surface area (Å²) in [7, 11) is 0. The zero-order chi connectivity index (χ0) is 16.8. The van der Waals surface area contributed by atoms with E-state index < -0.39 is 5.60 Å². The Labute approximate surface area is 142 Å². The van der Waals surface area contributed by atoms with Crippen LogP contribution in [0.3, 0.4) is 0 Å². The van der Waals surface area contributed by atoms with Crippen molar-refractivity contribution in [3.05, 3.63) is 35.9 Å². The molecule has 24 heavy (non-hydrogen) atoms. The predicted molar refractivity (Wildman–Crippen MR) is 89.0 cm³/mol. The van der Waals surface area contributed by atoms with Crippen LogP contribution in [0, 0.1) is 0 Å². The van der Waals surface area contributed by atoms with Gasteiger partial charge in [-0.15, -0.1) is 0 Å². The number of hydrogen-bond donors (Lipinski definition) is 1. The molecule has 1 atom stereocenters. The van der Waals surface area contributed by atoms with Crippen LogP contribution < -0.4 is 5.32 Å². The summed E-state index contributed by atoms with van der Waals surface area (Å²) in [6.07, 6.45) is 0.472. The van der Waals surface area contributed by atoms with Crippen molar-refractivity contribution in [2.45, 2.75) is 18.4 Å². The lowest BCUT2D eigenvalue weighted by Gasteiger charge is -2.41. The van der Waals surface area contributed by atoms with E-state index in [2.05, 4.69) is 5.32 Å². The summed E-state index contributed by atoms with van der Waals surface area (Å²) in [6.45, 7) is 4.21. The first-order valence-electron chi connectivity index (χ1n) is 8.47.